The largest absolute Gasteiger partial charge is 0.337 e. The summed E-state index contributed by atoms with van der Waals surface area (Å²) in [7, 11) is -0.701. The third kappa shape index (κ3) is 4.08. The van der Waals surface area contributed by atoms with E-state index in [2.05, 4.69) is 9.71 Å². The number of nitrogens with zero attached hydrogens (tertiary/aromatic N) is 3. The number of pyridine rings is 1. The quantitative estimate of drug-likeness (QED) is 0.841. The van der Waals surface area contributed by atoms with Gasteiger partial charge in [0.2, 0.25) is 0 Å². The van der Waals surface area contributed by atoms with Crippen LogP contribution in [0.5, 0.6) is 0 Å². The maximum Gasteiger partial charge on any atom is 0.279 e. The zero-order chi connectivity index (χ0) is 18.1. The van der Waals surface area contributed by atoms with Crippen LogP contribution < -0.4 is 4.72 Å². The van der Waals surface area contributed by atoms with Crippen molar-refractivity contribution in [1.82, 2.24) is 18.9 Å². The fraction of sp³-hybridized carbons (Fsp3) is 0.600. The van der Waals surface area contributed by atoms with E-state index in [0.29, 0.717) is 6.54 Å². The van der Waals surface area contributed by atoms with Gasteiger partial charge in [-0.1, -0.05) is 13.8 Å². The summed E-state index contributed by atoms with van der Waals surface area (Å²) in [5.74, 6) is -0.766. The Bertz CT molecular complexity index is 708. The smallest absolute Gasteiger partial charge is 0.279 e. The van der Waals surface area contributed by atoms with Gasteiger partial charge in [-0.15, -0.1) is 0 Å². The molecule has 9 heteroatoms. The minimum absolute atomic E-state index is 0.0230. The number of carbonyl (C=O) groups is 1. The first kappa shape index (κ1) is 18.8. The van der Waals surface area contributed by atoms with Gasteiger partial charge in [0.05, 0.1) is 11.8 Å². The average Bonchev–Trinajstić information content (AvgIpc) is 2.89. The second-order valence-corrected chi connectivity index (χ2v) is 8.44. The number of likely N-dealkylation sites (tertiary alicyclic amines) is 1. The molecule has 1 saturated heterocycles. The van der Waals surface area contributed by atoms with Gasteiger partial charge in [-0.3, -0.25) is 9.78 Å². The van der Waals surface area contributed by atoms with Gasteiger partial charge in [0.1, 0.15) is 5.82 Å². The van der Waals surface area contributed by atoms with Crippen LogP contribution >= 0.6 is 0 Å². The second kappa shape index (κ2) is 7.12. The van der Waals surface area contributed by atoms with E-state index >= 15 is 0 Å². The molecule has 1 amide bonds. The summed E-state index contributed by atoms with van der Waals surface area (Å²) in [6.45, 7) is 4.62. The summed E-state index contributed by atoms with van der Waals surface area (Å²) < 4.78 is 41.2. The Morgan fingerprint density at radius 3 is 2.58 bits per heavy atom. The Morgan fingerprint density at radius 2 is 2.04 bits per heavy atom. The first-order valence-corrected chi connectivity index (χ1v) is 9.15. The summed E-state index contributed by atoms with van der Waals surface area (Å²) in [6, 6.07) is 0.750. The van der Waals surface area contributed by atoms with Gasteiger partial charge in [-0.05, 0) is 17.9 Å². The lowest BCUT2D eigenvalue weighted by atomic mass is 9.92. The van der Waals surface area contributed by atoms with Crippen LogP contribution in [0.1, 0.15) is 24.2 Å². The zero-order valence-corrected chi connectivity index (χ0v) is 15.0. The highest BCUT2D eigenvalue weighted by molar-refractivity contribution is 7.87. The normalized spacial score (nSPS) is 21.7. The van der Waals surface area contributed by atoms with Gasteiger partial charge in [-0.2, -0.15) is 17.4 Å². The molecule has 7 nitrogen and oxygen atoms in total. The maximum atomic E-state index is 13.3. The van der Waals surface area contributed by atoms with Gasteiger partial charge in [0.15, 0.2) is 0 Å². The molecule has 1 aliphatic heterocycles. The van der Waals surface area contributed by atoms with Crippen molar-refractivity contribution in [2.75, 3.05) is 27.2 Å². The Labute approximate surface area is 142 Å². The van der Waals surface area contributed by atoms with Crippen molar-refractivity contribution >= 4 is 16.1 Å². The first-order valence-electron chi connectivity index (χ1n) is 7.71. The van der Waals surface area contributed by atoms with Crippen molar-refractivity contribution in [2.24, 2.45) is 11.8 Å². The van der Waals surface area contributed by atoms with E-state index in [1.54, 1.807) is 4.90 Å². The van der Waals surface area contributed by atoms with Crippen molar-refractivity contribution in [1.29, 1.82) is 0 Å². The molecule has 1 aromatic rings. The van der Waals surface area contributed by atoms with E-state index in [1.807, 2.05) is 13.8 Å². The van der Waals surface area contributed by atoms with Crippen molar-refractivity contribution in [3.05, 3.63) is 29.8 Å². The molecule has 1 fully saturated rings. The molecule has 0 aromatic carbocycles. The molecule has 2 heterocycles. The summed E-state index contributed by atoms with van der Waals surface area (Å²) in [6.07, 6.45) is 2.35. The molecule has 0 aliphatic carbocycles. The van der Waals surface area contributed by atoms with E-state index in [0.717, 1.165) is 16.6 Å². The lowest BCUT2D eigenvalue weighted by molar-refractivity contribution is 0.0782. The Hall–Kier alpha value is -1.58. The predicted octanol–water partition coefficient (Wildman–Crippen LogP) is 0.713. The molecule has 0 saturated carbocycles. The van der Waals surface area contributed by atoms with Crippen molar-refractivity contribution in [2.45, 2.75) is 19.9 Å². The van der Waals surface area contributed by atoms with Gasteiger partial charge in [0, 0.05) is 39.4 Å². The highest BCUT2D eigenvalue weighted by Gasteiger charge is 2.39. The average molecular weight is 358 g/mol. The van der Waals surface area contributed by atoms with E-state index in [4.69, 9.17) is 0 Å². The number of carbonyl (C=O) groups excluding carboxylic acids is 1. The van der Waals surface area contributed by atoms with Crippen molar-refractivity contribution < 1.29 is 17.6 Å². The molecular formula is C15H23FN4O3S. The maximum absolute atomic E-state index is 13.3. The molecule has 0 spiro atoms. The molecule has 1 N–H and O–H groups in total. The lowest BCUT2D eigenvalue weighted by Gasteiger charge is -2.24. The van der Waals surface area contributed by atoms with E-state index in [9.17, 15) is 17.6 Å². The number of amides is 1. The van der Waals surface area contributed by atoms with Gasteiger partial charge >= 0.3 is 0 Å². The zero-order valence-electron chi connectivity index (χ0n) is 14.2. The van der Waals surface area contributed by atoms with Crippen LogP contribution in [0.3, 0.4) is 0 Å². The highest BCUT2D eigenvalue weighted by Crippen LogP contribution is 2.26. The summed E-state index contributed by atoms with van der Waals surface area (Å²) in [5.41, 5.74) is 0.161. The molecular weight excluding hydrogens is 335 g/mol. The summed E-state index contributed by atoms with van der Waals surface area (Å²) in [5, 5.41) is 0. The number of halogens is 1. The fourth-order valence-electron chi connectivity index (χ4n) is 2.80. The van der Waals surface area contributed by atoms with Crippen LogP contribution in [0.15, 0.2) is 18.5 Å². The predicted molar refractivity (Wildman–Crippen MR) is 88.0 cm³/mol. The molecule has 0 unspecified atom stereocenters. The molecule has 24 heavy (non-hydrogen) atoms. The molecule has 134 valence electrons. The van der Waals surface area contributed by atoms with Gasteiger partial charge in [0.25, 0.3) is 16.1 Å². The molecule has 0 bridgehead atoms. The van der Waals surface area contributed by atoms with E-state index < -0.39 is 16.0 Å². The molecule has 1 aliphatic rings. The van der Waals surface area contributed by atoms with E-state index in [-0.39, 0.29) is 35.9 Å². The van der Waals surface area contributed by atoms with Crippen LogP contribution in [0.4, 0.5) is 4.39 Å². The van der Waals surface area contributed by atoms with Gasteiger partial charge < -0.3 is 4.90 Å². The number of nitrogens with one attached hydrogen (secondary N) is 1. The van der Waals surface area contributed by atoms with Crippen LogP contribution in [0.2, 0.25) is 0 Å². The third-order valence-corrected chi connectivity index (χ3v) is 5.80. The van der Waals surface area contributed by atoms with Crippen LogP contribution in [0, 0.1) is 17.7 Å². The molecule has 2 rings (SSSR count). The number of rotatable bonds is 5. The minimum Gasteiger partial charge on any atom is -0.337 e. The number of aromatic nitrogens is 1. The van der Waals surface area contributed by atoms with Gasteiger partial charge in [-0.25, -0.2) is 4.39 Å². The fourth-order valence-corrected chi connectivity index (χ4v) is 3.65. The van der Waals surface area contributed by atoms with Crippen LogP contribution in [-0.2, 0) is 10.2 Å². The third-order valence-electron chi connectivity index (χ3n) is 4.24. The Kier molecular flexibility index (Phi) is 5.56. The lowest BCUT2D eigenvalue weighted by Crippen LogP contribution is -2.46. The molecule has 2 atom stereocenters. The number of hydrogen-bond donors (Lipinski definition) is 1. The van der Waals surface area contributed by atoms with Crippen molar-refractivity contribution in [3.8, 4) is 0 Å². The standard InChI is InChI=1S/C15H23FN4O3S/c1-10(2)13-8-20(9-14(13)18-24(22,23)19(3)4)15(21)11-5-12(16)7-17-6-11/h5-7,10,13-14,18H,8-9H2,1-4H3/t13-,14+/m0/s1. The Morgan fingerprint density at radius 1 is 1.38 bits per heavy atom. The Balaban J connectivity index is 2.19. The summed E-state index contributed by atoms with van der Waals surface area (Å²) in [4.78, 5) is 17.8. The molecule has 0 radical (unpaired) electrons. The van der Waals surface area contributed by atoms with Crippen molar-refractivity contribution in [3.63, 3.8) is 0 Å². The first-order chi connectivity index (χ1) is 11.1. The topological polar surface area (TPSA) is 82.6 Å². The summed E-state index contributed by atoms with van der Waals surface area (Å²) >= 11 is 0. The van der Waals surface area contributed by atoms with Crippen LogP contribution in [0.25, 0.3) is 0 Å². The second-order valence-electron chi connectivity index (χ2n) is 6.52. The SMILES string of the molecule is CC(C)[C@@H]1CN(C(=O)c2cncc(F)c2)C[C@H]1NS(=O)(=O)N(C)C. The monoisotopic (exact) mass is 358 g/mol. The van der Waals surface area contributed by atoms with E-state index in [1.165, 1.54) is 20.3 Å². The minimum atomic E-state index is -3.60. The molecule has 1 aromatic heterocycles. The highest BCUT2D eigenvalue weighted by atomic mass is 32.2. The van der Waals surface area contributed by atoms with Crippen LogP contribution in [-0.4, -0.2) is 61.7 Å². The number of hydrogen-bond acceptors (Lipinski definition) is 4.